The number of amides is 2. The molecular formula is C17H20BrNO2. The number of benzene rings is 1. The Morgan fingerprint density at radius 2 is 1.90 bits per heavy atom. The Morgan fingerprint density at radius 1 is 1.19 bits per heavy atom. The Labute approximate surface area is 133 Å². The normalized spacial score (nSPS) is 33.0. The summed E-state index contributed by atoms with van der Waals surface area (Å²) in [5.41, 5.74) is 0.822. The van der Waals surface area contributed by atoms with Crippen LogP contribution in [-0.4, -0.2) is 11.8 Å². The number of nitrogens with one attached hydrogen (secondary N) is 1. The number of carbonyl (C=O) groups excluding carboxylic acids is 2. The van der Waals surface area contributed by atoms with E-state index >= 15 is 0 Å². The van der Waals surface area contributed by atoms with Crippen LogP contribution in [0.2, 0.25) is 0 Å². The van der Waals surface area contributed by atoms with Crippen molar-refractivity contribution in [3.63, 3.8) is 0 Å². The molecule has 1 saturated carbocycles. The van der Waals surface area contributed by atoms with Crippen LogP contribution < -0.4 is 5.32 Å². The van der Waals surface area contributed by atoms with E-state index in [1.165, 1.54) is 6.42 Å². The zero-order chi connectivity index (χ0) is 15.0. The van der Waals surface area contributed by atoms with E-state index in [4.69, 9.17) is 0 Å². The van der Waals surface area contributed by atoms with E-state index < -0.39 is 0 Å². The highest BCUT2D eigenvalue weighted by atomic mass is 79.9. The van der Waals surface area contributed by atoms with Gasteiger partial charge in [0.1, 0.15) is 0 Å². The second-order valence-corrected chi connectivity index (χ2v) is 7.37. The van der Waals surface area contributed by atoms with Gasteiger partial charge in [0.25, 0.3) is 0 Å². The topological polar surface area (TPSA) is 46.2 Å². The van der Waals surface area contributed by atoms with Crippen molar-refractivity contribution in [1.29, 1.82) is 0 Å². The number of carbonyl (C=O) groups is 2. The number of piperidine rings is 1. The van der Waals surface area contributed by atoms with Gasteiger partial charge in [0.15, 0.2) is 0 Å². The molecule has 0 bridgehead atoms. The predicted octanol–water partition coefficient (Wildman–Crippen LogP) is 3.78. The summed E-state index contributed by atoms with van der Waals surface area (Å²) in [6, 6.07) is 7.96. The average molecular weight is 350 g/mol. The monoisotopic (exact) mass is 349 g/mol. The lowest BCUT2D eigenvalue weighted by atomic mass is 9.55. The number of halogens is 1. The second-order valence-electron chi connectivity index (χ2n) is 6.45. The van der Waals surface area contributed by atoms with E-state index in [1.807, 2.05) is 24.3 Å². The fourth-order valence-corrected chi connectivity index (χ4v) is 4.45. The van der Waals surface area contributed by atoms with Crippen molar-refractivity contribution in [3.05, 3.63) is 34.3 Å². The first-order chi connectivity index (χ1) is 10.0. The van der Waals surface area contributed by atoms with Crippen LogP contribution in [0.3, 0.4) is 0 Å². The molecule has 1 aliphatic heterocycles. The Hall–Kier alpha value is -1.16. The summed E-state index contributed by atoms with van der Waals surface area (Å²) < 4.78 is 1.00. The molecule has 112 valence electrons. The zero-order valence-corrected chi connectivity index (χ0v) is 13.8. The summed E-state index contributed by atoms with van der Waals surface area (Å²) in [4.78, 5) is 24.5. The van der Waals surface area contributed by atoms with Crippen LogP contribution in [0.5, 0.6) is 0 Å². The quantitative estimate of drug-likeness (QED) is 0.784. The first-order valence-corrected chi connectivity index (χ1v) is 8.41. The smallest absolute Gasteiger partial charge is 0.234 e. The van der Waals surface area contributed by atoms with Gasteiger partial charge in [-0.25, -0.2) is 0 Å². The Kier molecular flexibility index (Phi) is 3.91. The van der Waals surface area contributed by atoms with Crippen molar-refractivity contribution in [3.8, 4) is 0 Å². The van der Waals surface area contributed by atoms with Crippen LogP contribution in [0.15, 0.2) is 28.7 Å². The van der Waals surface area contributed by atoms with Gasteiger partial charge in [-0.05, 0) is 35.4 Å². The number of hydrogen-bond acceptors (Lipinski definition) is 2. The molecule has 3 rings (SSSR count). The van der Waals surface area contributed by atoms with Crippen LogP contribution in [0.25, 0.3) is 0 Å². The maximum absolute atomic E-state index is 12.6. The first-order valence-electron chi connectivity index (χ1n) is 7.62. The minimum atomic E-state index is -0.210. The second kappa shape index (κ2) is 5.56. The molecule has 3 unspecified atom stereocenters. The summed E-state index contributed by atoms with van der Waals surface area (Å²) >= 11 is 3.44. The van der Waals surface area contributed by atoms with Crippen molar-refractivity contribution in [2.75, 3.05) is 0 Å². The molecule has 1 aromatic carbocycles. The fraction of sp³-hybridized carbons (Fsp3) is 0.529. The standard InChI is InChI=1S/C17H20BrNO2/c1-11-4-2-3-9-17(11)10-14(20)19-16(21)15(17)12-5-7-13(18)8-6-12/h5-8,11,15H,2-4,9-10H2,1H3,(H,19,20,21). The van der Waals surface area contributed by atoms with E-state index in [0.717, 1.165) is 29.3 Å². The summed E-state index contributed by atoms with van der Waals surface area (Å²) in [5.74, 6) is -0.0436. The lowest BCUT2D eigenvalue weighted by molar-refractivity contribution is -0.143. The van der Waals surface area contributed by atoms with Gasteiger partial charge in [-0.1, -0.05) is 54.2 Å². The summed E-state index contributed by atoms with van der Waals surface area (Å²) in [7, 11) is 0. The first kappa shape index (κ1) is 14.8. The van der Waals surface area contributed by atoms with E-state index in [0.29, 0.717) is 12.3 Å². The Morgan fingerprint density at radius 3 is 2.57 bits per heavy atom. The molecule has 0 aromatic heterocycles. The van der Waals surface area contributed by atoms with Gasteiger partial charge in [0.05, 0.1) is 5.92 Å². The van der Waals surface area contributed by atoms with Crippen molar-refractivity contribution >= 4 is 27.7 Å². The highest BCUT2D eigenvalue weighted by Crippen LogP contribution is 2.54. The molecule has 1 saturated heterocycles. The number of hydrogen-bond donors (Lipinski definition) is 1. The third kappa shape index (κ3) is 2.54. The lowest BCUT2D eigenvalue weighted by Crippen LogP contribution is -2.54. The molecule has 4 heteroatoms. The molecule has 1 heterocycles. The fourth-order valence-electron chi connectivity index (χ4n) is 4.18. The highest BCUT2D eigenvalue weighted by Gasteiger charge is 2.52. The van der Waals surface area contributed by atoms with Crippen LogP contribution in [0, 0.1) is 11.3 Å². The summed E-state index contributed by atoms with van der Waals surface area (Å²) in [5, 5.41) is 2.55. The molecule has 0 radical (unpaired) electrons. The van der Waals surface area contributed by atoms with Crippen molar-refractivity contribution in [2.24, 2.45) is 11.3 Å². The molecule has 2 fully saturated rings. The highest BCUT2D eigenvalue weighted by molar-refractivity contribution is 9.10. The van der Waals surface area contributed by atoms with Gasteiger partial charge in [0, 0.05) is 10.9 Å². The van der Waals surface area contributed by atoms with Gasteiger partial charge in [0.2, 0.25) is 11.8 Å². The van der Waals surface area contributed by atoms with Gasteiger partial charge in [-0.15, -0.1) is 0 Å². The van der Waals surface area contributed by atoms with Gasteiger partial charge in [-0.3, -0.25) is 14.9 Å². The van der Waals surface area contributed by atoms with Gasteiger partial charge < -0.3 is 0 Å². The molecule has 1 aliphatic carbocycles. The largest absolute Gasteiger partial charge is 0.296 e. The molecule has 2 aliphatic rings. The molecule has 1 spiro atoms. The van der Waals surface area contributed by atoms with Crippen LogP contribution in [0.1, 0.15) is 50.5 Å². The van der Waals surface area contributed by atoms with Crippen molar-refractivity contribution in [1.82, 2.24) is 5.32 Å². The maximum atomic E-state index is 12.6. The van der Waals surface area contributed by atoms with Crippen molar-refractivity contribution in [2.45, 2.75) is 44.9 Å². The van der Waals surface area contributed by atoms with E-state index in [9.17, 15) is 9.59 Å². The number of imide groups is 1. The van der Waals surface area contributed by atoms with E-state index in [2.05, 4.69) is 28.2 Å². The van der Waals surface area contributed by atoms with E-state index in [1.54, 1.807) is 0 Å². The van der Waals surface area contributed by atoms with Crippen LogP contribution >= 0.6 is 15.9 Å². The molecule has 3 nitrogen and oxygen atoms in total. The lowest BCUT2D eigenvalue weighted by Gasteiger charge is -2.49. The summed E-state index contributed by atoms with van der Waals surface area (Å²) in [6.45, 7) is 2.21. The van der Waals surface area contributed by atoms with Gasteiger partial charge in [-0.2, -0.15) is 0 Å². The zero-order valence-electron chi connectivity index (χ0n) is 12.2. The average Bonchev–Trinajstić information content (AvgIpc) is 2.43. The minimum absolute atomic E-state index is 0.109. The molecule has 2 amide bonds. The SMILES string of the molecule is CC1CCCCC12CC(=O)NC(=O)C2c1ccc(Br)cc1. The third-order valence-corrected chi connectivity index (χ3v) is 5.83. The Bertz CT molecular complexity index is 569. The van der Waals surface area contributed by atoms with E-state index in [-0.39, 0.29) is 23.1 Å². The molecule has 1 aromatic rings. The van der Waals surface area contributed by atoms with Crippen molar-refractivity contribution < 1.29 is 9.59 Å². The molecular weight excluding hydrogens is 330 g/mol. The minimum Gasteiger partial charge on any atom is -0.296 e. The number of rotatable bonds is 1. The maximum Gasteiger partial charge on any atom is 0.234 e. The Balaban J connectivity index is 2.06. The third-order valence-electron chi connectivity index (χ3n) is 5.30. The predicted molar refractivity (Wildman–Crippen MR) is 84.7 cm³/mol. The molecule has 21 heavy (non-hydrogen) atoms. The summed E-state index contributed by atoms with van der Waals surface area (Å²) in [6.07, 6.45) is 4.85. The molecule has 1 N–H and O–H groups in total. The van der Waals surface area contributed by atoms with Crippen LogP contribution in [0.4, 0.5) is 0 Å². The molecule has 3 atom stereocenters. The van der Waals surface area contributed by atoms with Crippen LogP contribution in [-0.2, 0) is 9.59 Å². The van der Waals surface area contributed by atoms with Gasteiger partial charge >= 0.3 is 0 Å².